The Morgan fingerprint density at radius 3 is 1.90 bits per heavy atom. The van der Waals surface area contributed by atoms with Gasteiger partial charge >= 0.3 is 0 Å². The molecule has 3 nitrogen and oxygen atoms in total. The van der Waals surface area contributed by atoms with Crippen LogP contribution in [0.3, 0.4) is 0 Å². The largest absolute Gasteiger partial charge is 0.481 e. The van der Waals surface area contributed by atoms with Gasteiger partial charge in [0.1, 0.15) is 11.3 Å². The lowest BCUT2D eigenvalue weighted by atomic mass is 9.62. The van der Waals surface area contributed by atoms with Crippen LogP contribution in [0.2, 0.25) is 0 Å². The molecule has 0 N–H and O–H groups in total. The zero-order valence-electron chi connectivity index (χ0n) is 28.2. The quantitative estimate of drug-likeness (QED) is 0.184. The second-order valence-electron chi connectivity index (χ2n) is 14.2. The van der Waals surface area contributed by atoms with E-state index in [2.05, 4.69) is 199 Å². The van der Waals surface area contributed by atoms with Gasteiger partial charge in [-0.05, 0) is 82.6 Å². The van der Waals surface area contributed by atoms with Crippen molar-refractivity contribution in [3.05, 3.63) is 210 Å². The van der Waals surface area contributed by atoms with Crippen molar-refractivity contribution in [2.24, 2.45) is 0 Å². The van der Waals surface area contributed by atoms with Crippen LogP contribution in [0.1, 0.15) is 29.2 Å². The van der Waals surface area contributed by atoms with E-state index in [1.807, 2.05) is 0 Å². The van der Waals surface area contributed by atoms with Crippen molar-refractivity contribution in [1.82, 2.24) is 0 Å². The van der Waals surface area contributed by atoms with E-state index >= 15 is 0 Å². The molecule has 0 amide bonds. The second-order valence-corrected chi connectivity index (χ2v) is 14.2. The zero-order chi connectivity index (χ0) is 33.7. The number of fused-ring (bicyclic) bond motifs is 12. The number of hydrogen-bond donors (Lipinski definition) is 0. The van der Waals surface area contributed by atoms with Crippen LogP contribution >= 0.6 is 0 Å². The molecule has 2 aliphatic carbocycles. The molecular weight excluding hydrogens is 621 g/mol. The predicted octanol–water partition coefficient (Wildman–Crippen LogP) is 11.7. The Morgan fingerprint density at radius 1 is 0.529 bits per heavy atom. The molecular formula is C48H34N2O. The number of ether oxygens (including phenoxy) is 1. The molecule has 0 saturated carbocycles. The number of hydrogen-bond acceptors (Lipinski definition) is 3. The van der Waals surface area contributed by atoms with Gasteiger partial charge in [-0.1, -0.05) is 140 Å². The molecule has 0 saturated heterocycles. The normalized spacial score (nSPS) is 20.2. The van der Waals surface area contributed by atoms with E-state index in [0.29, 0.717) is 0 Å². The Balaban J connectivity index is 1.21. The molecule has 0 radical (unpaired) electrons. The number of anilines is 5. The average Bonchev–Trinajstić information content (AvgIpc) is 3.48. The van der Waals surface area contributed by atoms with Crippen molar-refractivity contribution in [3.63, 3.8) is 0 Å². The number of para-hydroxylation sites is 5. The molecule has 4 aliphatic rings. The first-order valence-electron chi connectivity index (χ1n) is 17.8. The minimum atomic E-state index is -0.535. The summed E-state index contributed by atoms with van der Waals surface area (Å²) in [5.74, 6) is 0.896. The molecule has 0 fully saturated rings. The lowest BCUT2D eigenvalue weighted by molar-refractivity contribution is 0.178. The van der Waals surface area contributed by atoms with E-state index in [1.165, 1.54) is 61.2 Å². The molecule has 0 bridgehead atoms. The Labute approximate surface area is 298 Å². The smallest absolute Gasteiger partial charge is 0.151 e. The predicted molar refractivity (Wildman–Crippen MR) is 209 cm³/mol. The van der Waals surface area contributed by atoms with Crippen LogP contribution in [0.15, 0.2) is 188 Å². The van der Waals surface area contributed by atoms with Gasteiger partial charge in [-0.25, -0.2) is 0 Å². The van der Waals surface area contributed by atoms with Crippen molar-refractivity contribution < 1.29 is 4.74 Å². The fourth-order valence-electron chi connectivity index (χ4n) is 9.64. The lowest BCUT2D eigenvalue weighted by Crippen LogP contribution is -2.58. The first kappa shape index (κ1) is 28.5. The Kier molecular flexibility index (Phi) is 5.79. The van der Waals surface area contributed by atoms with Crippen LogP contribution < -0.4 is 14.5 Å². The van der Waals surface area contributed by atoms with Crippen LogP contribution in [-0.2, 0) is 5.41 Å². The third-order valence-corrected chi connectivity index (χ3v) is 11.6. The Bertz CT molecular complexity index is 2570. The van der Waals surface area contributed by atoms with Crippen molar-refractivity contribution in [1.29, 1.82) is 0 Å². The summed E-state index contributed by atoms with van der Waals surface area (Å²) in [6.07, 6.45) is 4.59. The minimum Gasteiger partial charge on any atom is -0.481 e. The molecule has 2 aliphatic heterocycles. The molecule has 3 heteroatoms. The van der Waals surface area contributed by atoms with E-state index in [1.54, 1.807) is 0 Å². The van der Waals surface area contributed by atoms with E-state index in [4.69, 9.17) is 4.74 Å². The van der Waals surface area contributed by atoms with Crippen molar-refractivity contribution in [2.75, 3.05) is 9.80 Å². The van der Waals surface area contributed by atoms with E-state index in [9.17, 15) is 0 Å². The van der Waals surface area contributed by atoms with Gasteiger partial charge < -0.3 is 14.5 Å². The molecule has 51 heavy (non-hydrogen) atoms. The maximum Gasteiger partial charge on any atom is 0.151 e. The summed E-state index contributed by atoms with van der Waals surface area (Å²) in [4.78, 5) is 4.97. The summed E-state index contributed by atoms with van der Waals surface area (Å²) in [5.41, 5.74) is 12.4. The Morgan fingerprint density at radius 2 is 1.12 bits per heavy atom. The third kappa shape index (κ3) is 3.63. The fourth-order valence-corrected chi connectivity index (χ4v) is 9.64. The summed E-state index contributed by atoms with van der Waals surface area (Å²) in [7, 11) is 0. The minimum absolute atomic E-state index is 0.279. The van der Waals surface area contributed by atoms with Gasteiger partial charge in [-0.2, -0.15) is 0 Å². The Hall–Kier alpha value is -6.32. The summed E-state index contributed by atoms with van der Waals surface area (Å²) < 4.78 is 7.31. The second kappa shape index (κ2) is 10.3. The maximum absolute atomic E-state index is 7.31. The highest BCUT2D eigenvalue weighted by Gasteiger charge is 2.59. The fraction of sp³-hybridized carbons (Fsp3) is 0.0833. The zero-order valence-corrected chi connectivity index (χ0v) is 28.2. The SMILES string of the molecule is CC12C=CC3=C(c4ccccc4C34c3ccccc3N(c3ccccc3)c3ccccc34)C1Oc1ccccc1N2c1cccc2ccccc12. The van der Waals surface area contributed by atoms with Gasteiger partial charge in [0.25, 0.3) is 0 Å². The number of benzene rings is 7. The van der Waals surface area contributed by atoms with E-state index < -0.39 is 11.0 Å². The molecule has 7 aromatic carbocycles. The van der Waals surface area contributed by atoms with Crippen molar-refractivity contribution in [2.45, 2.75) is 24.0 Å². The van der Waals surface area contributed by atoms with Gasteiger partial charge in [-0.3, -0.25) is 0 Å². The summed E-state index contributed by atoms with van der Waals surface area (Å²) in [5, 5.41) is 2.45. The molecule has 2 atom stereocenters. The molecule has 0 aromatic heterocycles. The third-order valence-electron chi connectivity index (χ3n) is 11.6. The highest BCUT2D eigenvalue weighted by molar-refractivity contribution is 6.01. The van der Waals surface area contributed by atoms with Gasteiger partial charge in [0.2, 0.25) is 0 Å². The summed E-state index contributed by atoms with van der Waals surface area (Å²) in [6.45, 7) is 2.35. The average molecular weight is 655 g/mol. The summed E-state index contributed by atoms with van der Waals surface area (Å²) >= 11 is 0. The van der Waals surface area contributed by atoms with Gasteiger partial charge in [0.15, 0.2) is 6.10 Å². The number of allylic oxidation sites excluding steroid dienone is 2. The van der Waals surface area contributed by atoms with Gasteiger partial charge in [0, 0.05) is 16.6 Å². The van der Waals surface area contributed by atoms with Crippen LogP contribution in [0.4, 0.5) is 28.4 Å². The van der Waals surface area contributed by atoms with Crippen LogP contribution in [0, 0.1) is 0 Å². The standard InChI is InChI=1S/C48H34N2O/c1-47-31-30-39-45(46(47)51-44-29-14-13-27-43(44)50(47)40-28-15-17-32-16-5-6-20-34(32)40)35-21-7-8-22-36(35)48(39)37-23-9-11-25-41(37)49(33-18-3-2-4-19-33)42-26-12-10-24-38(42)48/h2-31,46H,1H3. The molecule has 2 unspecified atom stereocenters. The molecule has 1 spiro atoms. The highest BCUT2D eigenvalue weighted by atomic mass is 16.5. The van der Waals surface area contributed by atoms with E-state index in [-0.39, 0.29) is 6.10 Å². The maximum atomic E-state index is 7.31. The molecule has 7 aromatic rings. The topological polar surface area (TPSA) is 15.7 Å². The molecule has 2 heterocycles. The summed E-state index contributed by atoms with van der Waals surface area (Å²) in [6, 6.07) is 61.7. The van der Waals surface area contributed by atoms with E-state index in [0.717, 1.165) is 17.1 Å². The number of rotatable bonds is 2. The first-order chi connectivity index (χ1) is 25.2. The van der Waals surface area contributed by atoms with Crippen LogP contribution in [0.25, 0.3) is 16.3 Å². The van der Waals surface area contributed by atoms with Crippen LogP contribution in [-0.4, -0.2) is 11.6 Å². The first-order valence-corrected chi connectivity index (χ1v) is 17.8. The van der Waals surface area contributed by atoms with Gasteiger partial charge in [-0.15, -0.1) is 0 Å². The number of nitrogens with zero attached hydrogens (tertiary/aromatic N) is 2. The monoisotopic (exact) mass is 654 g/mol. The van der Waals surface area contributed by atoms with Crippen molar-refractivity contribution >= 4 is 44.8 Å². The highest BCUT2D eigenvalue weighted by Crippen LogP contribution is 2.66. The van der Waals surface area contributed by atoms with Gasteiger partial charge in [0.05, 0.1) is 28.2 Å². The lowest BCUT2D eigenvalue weighted by Gasteiger charge is -2.52. The molecule has 11 rings (SSSR count). The molecule has 242 valence electrons. The van der Waals surface area contributed by atoms with Crippen molar-refractivity contribution in [3.8, 4) is 5.75 Å². The van der Waals surface area contributed by atoms with Crippen LogP contribution in [0.5, 0.6) is 5.75 Å².